The molecule has 0 saturated heterocycles. The van der Waals surface area contributed by atoms with Crippen molar-refractivity contribution in [1.29, 1.82) is 0 Å². The summed E-state index contributed by atoms with van der Waals surface area (Å²) in [5, 5.41) is 3.10. The highest BCUT2D eigenvalue weighted by Crippen LogP contribution is 2.54. The molecule has 1 aromatic carbocycles. The number of carbonyl (C=O) groups excluding carboxylic acids is 1. The van der Waals surface area contributed by atoms with Crippen molar-refractivity contribution in [3.63, 3.8) is 0 Å². The molecule has 0 aliphatic heterocycles. The molecule has 1 N–H and O–H groups in total. The van der Waals surface area contributed by atoms with Crippen molar-refractivity contribution in [2.24, 2.45) is 17.8 Å². The van der Waals surface area contributed by atoms with Crippen LogP contribution in [0.25, 0.3) is 0 Å². The van der Waals surface area contributed by atoms with Gasteiger partial charge in [0, 0.05) is 11.6 Å². The van der Waals surface area contributed by atoms with Crippen LogP contribution < -0.4 is 5.32 Å². The molecule has 0 aromatic heterocycles. The van der Waals surface area contributed by atoms with E-state index in [1.807, 2.05) is 6.92 Å². The zero-order valence-corrected chi connectivity index (χ0v) is 10.5. The van der Waals surface area contributed by atoms with E-state index in [1.165, 1.54) is 12.0 Å². The molecule has 2 atom stereocenters. The molecule has 2 heteroatoms. The lowest BCUT2D eigenvalue weighted by molar-refractivity contribution is -0.120. The lowest BCUT2D eigenvalue weighted by Crippen LogP contribution is -2.22. The van der Waals surface area contributed by atoms with Gasteiger partial charge in [-0.05, 0) is 62.1 Å². The van der Waals surface area contributed by atoms with Gasteiger partial charge in [-0.2, -0.15) is 0 Å². The van der Waals surface area contributed by atoms with E-state index in [0.29, 0.717) is 0 Å². The SMILES string of the molecule is Cc1ccc(C)c(NC(=O)C2CC3CC3C2)c1. The van der Waals surface area contributed by atoms with Crippen LogP contribution in [0.4, 0.5) is 5.69 Å². The minimum absolute atomic E-state index is 0.228. The van der Waals surface area contributed by atoms with Gasteiger partial charge in [0.25, 0.3) is 0 Å². The Hall–Kier alpha value is -1.31. The minimum atomic E-state index is 0.228. The van der Waals surface area contributed by atoms with Gasteiger partial charge in [0.1, 0.15) is 0 Å². The first kappa shape index (κ1) is 10.8. The maximum Gasteiger partial charge on any atom is 0.227 e. The van der Waals surface area contributed by atoms with E-state index in [2.05, 4.69) is 30.4 Å². The van der Waals surface area contributed by atoms with Gasteiger partial charge in [0.15, 0.2) is 0 Å². The molecule has 1 amide bonds. The van der Waals surface area contributed by atoms with Crippen molar-refractivity contribution in [2.75, 3.05) is 5.32 Å². The summed E-state index contributed by atoms with van der Waals surface area (Å²) in [7, 11) is 0. The van der Waals surface area contributed by atoms with Crippen LogP contribution in [0.1, 0.15) is 30.4 Å². The third kappa shape index (κ3) is 2.08. The quantitative estimate of drug-likeness (QED) is 0.828. The van der Waals surface area contributed by atoms with Crippen LogP contribution in [0.2, 0.25) is 0 Å². The van der Waals surface area contributed by atoms with Crippen LogP contribution in [-0.2, 0) is 4.79 Å². The van der Waals surface area contributed by atoms with Crippen molar-refractivity contribution in [2.45, 2.75) is 33.1 Å². The third-order valence-corrected chi connectivity index (χ3v) is 4.27. The Kier molecular flexibility index (Phi) is 2.46. The molecule has 0 radical (unpaired) electrons. The normalized spacial score (nSPS) is 29.9. The predicted molar refractivity (Wildman–Crippen MR) is 68.9 cm³/mol. The lowest BCUT2D eigenvalue weighted by Gasteiger charge is -2.14. The van der Waals surface area contributed by atoms with Crippen LogP contribution in [0.3, 0.4) is 0 Å². The first-order valence-electron chi connectivity index (χ1n) is 6.51. The average molecular weight is 229 g/mol. The molecule has 2 unspecified atom stereocenters. The molecule has 0 heterocycles. The predicted octanol–water partition coefficient (Wildman–Crippen LogP) is 3.29. The number of hydrogen-bond acceptors (Lipinski definition) is 1. The van der Waals surface area contributed by atoms with Crippen LogP contribution in [0.5, 0.6) is 0 Å². The largest absolute Gasteiger partial charge is 0.326 e. The molecule has 2 fully saturated rings. The summed E-state index contributed by atoms with van der Waals surface area (Å²) in [6.45, 7) is 4.10. The maximum atomic E-state index is 12.1. The second-order valence-corrected chi connectivity index (χ2v) is 5.73. The Morgan fingerprint density at radius 2 is 1.88 bits per heavy atom. The number of fused-ring (bicyclic) bond motifs is 1. The summed E-state index contributed by atoms with van der Waals surface area (Å²) in [4.78, 5) is 12.1. The van der Waals surface area contributed by atoms with Gasteiger partial charge < -0.3 is 5.32 Å². The first-order valence-corrected chi connectivity index (χ1v) is 6.51. The van der Waals surface area contributed by atoms with Crippen molar-refractivity contribution < 1.29 is 4.79 Å². The standard InChI is InChI=1S/C15H19NO/c1-9-3-4-10(2)14(5-9)16-15(17)13-7-11-6-12(11)8-13/h3-5,11-13H,6-8H2,1-2H3,(H,16,17). The number of anilines is 1. The fourth-order valence-electron chi connectivity index (χ4n) is 3.03. The number of rotatable bonds is 2. The van der Waals surface area contributed by atoms with E-state index < -0.39 is 0 Å². The van der Waals surface area contributed by atoms with Crippen molar-refractivity contribution in [3.8, 4) is 0 Å². The summed E-state index contributed by atoms with van der Waals surface area (Å²) in [5.74, 6) is 2.22. The summed E-state index contributed by atoms with van der Waals surface area (Å²) >= 11 is 0. The molecule has 3 rings (SSSR count). The number of hydrogen-bond donors (Lipinski definition) is 1. The number of amides is 1. The average Bonchev–Trinajstić information content (AvgIpc) is 2.91. The van der Waals surface area contributed by atoms with Gasteiger partial charge in [-0.1, -0.05) is 12.1 Å². The van der Waals surface area contributed by atoms with E-state index in [9.17, 15) is 4.79 Å². The molecule has 0 bridgehead atoms. The zero-order chi connectivity index (χ0) is 12.0. The van der Waals surface area contributed by atoms with Crippen LogP contribution >= 0.6 is 0 Å². The van der Waals surface area contributed by atoms with Crippen LogP contribution in [0.15, 0.2) is 18.2 Å². The fraction of sp³-hybridized carbons (Fsp3) is 0.533. The lowest BCUT2D eigenvalue weighted by atomic mass is 10.0. The molecule has 2 nitrogen and oxygen atoms in total. The number of nitrogens with one attached hydrogen (secondary N) is 1. The summed E-state index contributed by atoms with van der Waals surface area (Å²) in [6.07, 6.45) is 3.59. The highest BCUT2D eigenvalue weighted by molar-refractivity contribution is 5.93. The Bertz CT molecular complexity index is 456. The monoisotopic (exact) mass is 229 g/mol. The molecule has 90 valence electrons. The molecule has 0 spiro atoms. The van der Waals surface area contributed by atoms with Crippen LogP contribution in [0, 0.1) is 31.6 Å². The molecule has 2 aliphatic rings. The van der Waals surface area contributed by atoms with Gasteiger partial charge in [-0.25, -0.2) is 0 Å². The van der Waals surface area contributed by atoms with Gasteiger partial charge >= 0.3 is 0 Å². The summed E-state index contributed by atoms with van der Waals surface area (Å²) in [6, 6.07) is 6.20. The Morgan fingerprint density at radius 3 is 2.59 bits per heavy atom. The zero-order valence-electron chi connectivity index (χ0n) is 10.5. The molecular formula is C15H19NO. The van der Waals surface area contributed by atoms with Crippen molar-refractivity contribution in [1.82, 2.24) is 0 Å². The Labute approximate surface area is 102 Å². The van der Waals surface area contributed by atoms with Crippen LogP contribution in [-0.4, -0.2) is 5.91 Å². The fourth-order valence-corrected chi connectivity index (χ4v) is 3.03. The first-order chi connectivity index (χ1) is 8.13. The van der Waals surface area contributed by atoms with E-state index in [0.717, 1.165) is 35.9 Å². The molecule has 2 saturated carbocycles. The number of aryl methyl sites for hydroxylation is 2. The Morgan fingerprint density at radius 1 is 1.18 bits per heavy atom. The number of carbonyl (C=O) groups is 1. The highest BCUT2D eigenvalue weighted by atomic mass is 16.1. The smallest absolute Gasteiger partial charge is 0.227 e. The van der Waals surface area contributed by atoms with Gasteiger partial charge in [0.05, 0.1) is 0 Å². The topological polar surface area (TPSA) is 29.1 Å². The van der Waals surface area contributed by atoms with Crippen molar-refractivity contribution >= 4 is 11.6 Å². The van der Waals surface area contributed by atoms with E-state index in [4.69, 9.17) is 0 Å². The Balaban J connectivity index is 1.69. The van der Waals surface area contributed by atoms with E-state index in [-0.39, 0.29) is 11.8 Å². The summed E-state index contributed by atoms with van der Waals surface area (Å²) in [5.41, 5.74) is 3.32. The molecule has 17 heavy (non-hydrogen) atoms. The van der Waals surface area contributed by atoms with E-state index in [1.54, 1.807) is 0 Å². The molecule has 2 aliphatic carbocycles. The third-order valence-electron chi connectivity index (χ3n) is 4.27. The number of benzene rings is 1. The maximum absolute atomic E-state index is 12.1. The second kappa shape index (κ2) is 3.86. The highest BCUT2D eigenvalue weighted by Gasteiger charge is 2.47. The van der Waals surface area contributed by atoms with Gasteiger partial charge in [0.2, 0.25) is 5.91 Å². The minimum Gasteiger partial charge on any atom is -0.326 e. The molecule has 1 aromatic rings. The molecular weight excluding hydrogens is 210 g/mol. The van der Waals surface area contributed by atoms with Crippen molar-refractivity contribution in [3.05, 3.63) is 29.3 Å². The summed E-state index contributed by atoms with van der Waals surface area (Å²) < 4.78 is 0. The van der Waals surface area contributed by atoms with E-state index >= 15 is 0 Å². The van der Waals surface area contributed by atoms with Gasteiger partial charge in [-0.15, -0.1) is 0 Å². The second-order valence-electron chi connectivity index (χ2n) is 5.73. The van der Waals surface area contributed by atoms with Gasteiger partial charge in [-0.3, -0.25) is 4.79 Å².